The molecule has 0 spiro atoms. The molecule has 2 aromatic carbocycles. The van der Waals surface area contributed by atoms with Gasteiger partial charge in [0.25, 0.3) is 0 Å². The number of furan rings is 1. The second-order valence-electron chi connectivity index (χ2n) is 8.60. The van der Waals surface area contributed by atoms with Gasteiger partial charge in [0.05, 0.1) is 11.4 Å². The van der Waals surface area contributed by atoms with Crippen molar-refractivity contribution in [2.24, 2.45) is 0 Å². The molecule has 0 amide bonds. The fourth-order valence-corrected chi connectivity index (χ4v) is 4.61. The summed E-state index contributed by atoms with van der Waals surface area (Å²) in [6.07, 6.45) is 1.06. The predicted molar refractivity (Wildman–Crippen MR) is 120 cm³/mol. The minimum Gasteiger partial charge on any atom is -0.464 e. The minimum absolute atomic E-state index is 0.00596. The van der Waals surface area contributed by atoms with Gasteiger partial charge in [-0.2, -0.15) is 0 Å². The zero-order valence-electron chi connectivity index (χ0n) is 17.9. The van der Waals surface area contributed by atoms with E-state index in [1.54, 1.807) is 12.1 Å². The molecule has 5 rings (SSSR count). The average molecular weight is 416 g/mol. The zero-order valence-corrected chi connectivity index (χ0v) is 17.9. The maximum absolute atomic E-state index is 13.5. The van der Waals surface area contributed by atoms with E-state index in [1.165, 1.54) is 23.3 Å². The summed E-state index contributed by atoms with van der Waals surface area (Å²) in [5.41, 5.74) is 6.86. The van der Waals surface area contributed by atoms with E-state index in [4.69, 9.17) is 4.42 Å². The maximum atomic E-state index is 13.5. The van der Waals surface area contributed by atoms with Crippen LogP contribution in [0, 0.1) is 26.6 Å². The van der Waals surface area contributed by atoms with Crippen molar-refractivity contribution in [3.8, 4) is 0 Å². The van der Waals surface area contributed by atoms with Gasteiger partial charge in [0.1, 0.15) is 23.4 Å². The molecule has 0 saturated heterocycles. The molecule has 4 nitrogen and oxygen atoms in total. The summed E-state index contributed by atoms with van der Waals surface area (Å²) in [5, 5.41) is 7.12. The second-order valence-corrected chi connectivity index (χ2v) is 8.60. The lowest BCUT2D eigenvalue weighted by molar-refractivity contribution is -0.116. The normalized spacial score (nSPS) is 20.5. The lowest BCUT2D eigenvalue weighted by Crippen LogP contribution is -2.26. The lowest BCUT2D eigenvalue weighted by Gasteiger charge is -2.29. The summed E-state index contributed by atoms with van der Waals surface area (Å²) in [6.45, 7) is 6.07. The molecule has 0 radical (unpaired) electrons. The first-order chi connectivity index (χ1) is 14.9. The van der Waals surface area contributed by atoms with Gasteiger partial charge >= 0.3 is 0 Å². The van der Waals surface area contributed by atoms with E-state index in [0.717, 1.165) is 39.7 Å². The van der Waals surface area contributed by atoms with Gasteiger partial charge in [-0.25, -0.2) is 4.39 Å². The van der Waals surface area contributed by atoms with E-state index >= 15 is 0 Å². The van der Waals surface area contributed by atoms with Gasteiger partial charge in [-0.05, 0) is 86.2 Å². The number of hydrogen-bond acceptors (Lipinski definition) is 4. The fraction of sp³-hybridized carbons (Fsp3) is 0.269. The Hall–Kier alpha value is -3.34. The smallest absolute Gasteiger partial charge is 0.163 e. The van der Waals surface area contributed by atoms with Crippen molar-refractivity contribution in [3.63, 3.8) is 0 Å². The van der Waals surface area contributed by atoms with E-state index in [9.17, 15) is 9.18 Å². The van der Waals surface area contributed by atoms with Crippen LogP contribution in [0.2, 0.25) is 0 Å². The van der Waals surface area contributed by atoms with Crippen molar-refractivity contribution in [3.05, 3.63) is 93.8 Å². The molecule has 1 aromatic heterocycles. The van der Waals surface area contributed by atoms with Gasteiger partial charge in [-0.15, -0.1) is 0 Å². The summed E-state index contributed by atoms with van der Waals surface area (Å²) in [5.74, 6) is 1.35. The molecule has 3 aromatic rings. The van der Waals surface area contributed by atoms with Gasteiger partial charge in [-0.1, -0.05) is 12.1 Å². The molecule has 0 saturated carbocycles. The monoisotopic (exact) mass is 416 g/mol. The third kappa shape index (κ3) is 3.54. The van der Waals surface area contributed by atoms with Gasteiger partial charge in [0, 0.05) is 17.7 Å². The molecule has 31 heavy (non-hydrogen) atoms. The van der Waals surface area contributed by atoms with Crippen LogP contribution in [0.1, 0.15) is 53.0 Å². The second kappa shape index (κ2) is 7.41. The molecule has 1 aliphatic carbocycles. The Balaban J connectivity index is 1.62. The number of nitrogens with one attached hydrogen (secondary N) is 2. The Labute approximate surface area is 181 Å². The first-order valence-electron chi connectivity index (χ1n) is 10.6. The highest BCUT2D eigenvalue weighted by molar-refractivity contribution is 6.01. The third-order valence-electron chi connectivity index (χ3n) is 6.40. The van der Waals surface area contributed by atoms with Crippen molar-refractivity contribution in [2.45, 2.75) is 45.6 Å². The highest BCUT2D eigenvalue weighted by Crippen LogP contribution is 2.45. The third-order valence-corrected chi connectivity index (χ3v) is 6.40. The molecule has 0 bridgehead atoms. The van der Waals surface area contributed by atoms with Crippen molar-refractivity contribution >= 4 is 17.2 Å². The lowest BCUT2D eigenvalue weighted by atomic mass is 9.79. The molecule has 1 aliphatic heterocycles. The predicted octanol–water partition coefficient (Wildman–Crippen LogP) is 6.32. The number of carbonyl (C=O) groups is 1. The number of benzene rings is 2. The largest absolute Gasteiger partial charge is 0.464 e. The van der Waals surface area contributed by atoms with Crippen LogP contribution in [0.3, 0.4) is 0 Å². The number of halogens is 1. The number of rotatable bonds is 2. The molecule has 2 N–H and O–H groups in total. The summed E-state index contributed by atoms with van der Waals surface area (Å²) < 4.78 is 19.4. The maximum Gasteiger partial charge on any atom is 0.163 e. The molecular formula is C26H25FN2O2. The van der Waals surface area contributed by atoms with Gasteiger partial charge < -0.3 is 15.1 Å². The van der Waals surface area contributed by atoms with Crippen LogP contribution in [0.25, 0.3) is 0 Å². The number of ketones is 1. The number of aryl methyl sites for hydroxylation is 3. The Morgan fingerprint density at radius 2 is 1.65 bits per heavy atom. The molecule has 2 unspecified atom stereocenters. The summed E-state index contributed by atoms with van der Waals surface area (Å²) in [7, 11) is 0. The summed E-state index contributed by atoms with van der Waals surface area (Å²) in [6, 6.07) is 14.2. The highest BCUT2D eigenvalue weighted by atomic mass is 19.1. The van der Waals surface area contributed by atoms with Gasteiger partial charge in [-0.3, -0.25) is 4.79 Å². The van der Waals surface area contributed by atoms with Crippen molar-refractivity contribution in [1.82, 2.24) is 0 Å². The van der Waals surface area contributed by atoms with Crippen LogP contribution >= 0.6 is 0 Å². The van der Waals surface area contributed by atoms with Crippen LogP contribution in [0.4, 0.5) is 15.8 Å². The van der Waals surface area contributed by atoms with Crippen LogP contribution in [-0.4, -0.2) is 5.78 Å². The summed E-state index contributed by atoms with van der Waals surface area (Å²) >= 11 is 0. The first-order valence-corrected chi connectivity index (χ1v) is 10.6. The molecule has 2 heterocycles. The molecule has 2 atom stereocenters. The molecule has 158 valence electrons. The van der Waals surface area contributed by atoms with E-state index in [0.29, 0.717) is 12.8 Å². The number of Topliss-reactive ketones (excluding diaryl/α,β-unsaturated/α-hetero) is 1. The highest BCUT2D eigenvalue weighted by Gasteiger charge is 2.37. The molecule has 5 heteroatoms. The first kappa shape index (κ1) is 19.6. The van der Waals surface area contributed by atoms with Crippen molar-refractivity contribution in [1.29, 1.82) is 0 Å². The van der Waals surface area contributed by atoms with Crippen LogP contribution < -0.4 is 10.6 Å². The van der Waals surface area contributed by atoms with Gasteiger partial charge in [0.15, 0.2) is 5.78 Å². The van der Waals surface area contributed by atoms with Crippen LogP contribution in [0.5, 0.6) is 0 Å². The number of hydrogen-bond donors (Lipinski definition) is 2. The quantitative estimate of drug-likeness (QED) is 0.513. The summed E-state index contributed by atoms with van der Waals surface area (Å²) in [4.78, 5) is 13.5. The molecule has 2 aliphatic rings. The van der Waals surface area contributed by atoms with Crippen LogP contribution in [-0.2, 0) is 4.79 Å². The Bertz CT molecular complexity index is 1210. The number of carbonyl (C=O) groups excluding carboxylic acids is 1. The average Bonchev–Trinajstić information content (AvgIpc) is 3.09. The minimum atomic E-state index is -0.360. The SMILES string of the molecule is Cc1ccc(C2Nc3cc(C)c(C)cc3NC3=C2C(=O)CC(c2ccc(F)cc2)C3)o1. The molecule has 0 fully saturated rings. The van der Waals surface area contributed by atoms with Crippen molar-refractivity contribution in [2.75, 3.05) is 10.6 Å². The Morgan fingerprint density at radius 1 is 0.935 bits per heavy atom. The van der Waals surface area contributed by atoms with E-state index in [-0.39, 0.29) is 23.6 Å². The molecular weight excluding hydrogens is 391 g/mol. The fourth-order valence-electron chi connectivity index (χ4n) is 4.61. The van der Waals surface area contributed by atoms with Crippen LogP contribution in [0.15, 0.2) is 64.2 Å². The van der Waals surface area contributed by atoms with E-state index in [2.05, 4.69) is 36.6 Å². The van der Waals surface area contributed by atoms with Crippen molar-refractivity contribution < 1.29 is 13.6 Å². The number of allylic oxidation sites excluding steroid dienone is 1. The number of anilines is 2. The standard InChI is InChI=1S/C26H25FN2O2/c1-14-10-20-21(11-15(14)2)29-26(24-9-4-16(3)31-24)25-22(28-20)12-18(13-23(25)30)17-5-7-19(27)8-6-17/h4-11,18,26,28-29H,12-13H2,1-3H3. The Kier molecular flexibility index (Phi) is 4.69. The van der Waals surface area contributed by atoms with E-state index in [1.807, 2.05) is 19.1 Å². The number of fused-ring (bicyclic) bond motifs is 1. The zero-order chi connectivity index (χ0) is 21.7. The van der Waals surface area contributed by atoms with Gasteiger partial charge in [0.2, 0.25) is 0 Å². The topological polar surface area (TPSA) is 54.3 Å². The Morgan fingerprint density at radius 3 is 2.32 bits per heavy atom. The van der Waals surface area contributed by atoms with E-state index < -0.39 is 0 Å².